The van der Waals surface area contributed by atoms with E-state index in [1.165, 1.54) is 18.2 Å². The molecule has 3 aromatic rings. The van der Waals surface area contributed by atoms with Crippen molar-refractivity contribution in [3.05, 3.63) is 59.1 Å². The van der Waals surface area contributed by atoms with Crippen LogP contribution >= 0.6 is 11.6 Å². The van der Waals surface area contributed by atoms with Crippen molar-refractivity contribution in [2.24, 2.45) is 0 Å². The number of halogens is 1. The molecule has 0 aliphatic carbocycles. The normalized spacial score (nSPS) is 10.7. The maximum Gasteiger partial charge on any atom is 0.336 e. The fourth-order valence-electron chi connectivity index (χ4n) is 2.20. The number of hydrogen-bond acceptors (Lipinski definition) is 3. The standard InChI is InChI=1S/C16H10ClNO3/c17-13-6-2-5-11-12(16(20)21)8-14(18-15(11)13)9-3-1-4-10(19)7-9/h1-8,19H,(H,20,21). The number of benzene rings is 2. The van der Waals surface area contributed by atoms with E-state index >= 15 is 0 Å². The van der Waals surface area contributed by atoms with Crippen molar-refractivity contribution in [1.29, 1.82) is 0 Å². The number of carboxylic acid groups (broad SMARTS) is 1. The molecule has 1 aromatic heterocycles. The summed E-state index contributed by atoms with van der Waals surface area (Å²) in [5.41, 5.74) is 1.63. The Kier molecular flexibility index (Phi) is 3.23. The summed E-state index contributed by atoms with van der Waals surface area (Å²) in [5.74, 6) is -0.962. The lowest BCUT2D eigenvalue weighted by Crippen LogP contribution is -2.00. The summed E-state index contributed by atoms with van der Waals surface area (Å²) in [5, 5.41) is 19.8. The van der Waals surface area contributed by atoms with E-state index in [0.29, 0.717) is 27.2 Å². The molecule has 1 heterocycles. The third kappa shape index (κ3) is 2.41. The van der Waals surface area contributed by atoms with Gasteiger partial charge in [-0.3, -0.25) is 0 Å². The maximum absolute atomic E-state index is 11.5. The molecule has 0 atom stereocenters. The number of phenols is 1. The average Bonchev–Trinajstić information content (AvgIpc) is 2.46. The van der Waals surface area contributed by atoms with Gasteiger partial charge in [-0.1, -0.05) is 35.9 Å². The van der Waals surface area contributed by atoms with Crippen molar-refractivity contribution in [2.45, 2.75) is 0 Å². The quantitative estimate of drug-likeness (QED) is 0.751. The van der Waals surface area contributed by atoms with Gasteiger partial charge in [0.25, 0.3) is 0 Å². The number of carbonyl (C=O) groups is 1. The van der Waals surface area contributed by atoms with Gasteiger partial charge in [0.15, 0.2) is 0 Å². The van der Waals surface area contributed by atoms with Crippen LogP contribution in [-0.4, -0.2) is 21.2 Å². The molecule has 0 saturated heterocycles. The van der Waals surface area contributed by atoms with Gasteiger partial charge in [0.05, 0.1) is 21.8 Å². The van der Waals surface area contributed by atoms with Gasteiger partial charge >= 0.3 is 5.97 Å². The maximum atomic E-state index is 11.5. The van der Waals surface area contributed by atoms with E-state index in [-0.39, 0.29) is 11.3 Å². The lowest BCUT2D eigenvalue weighted by molar-refractivity contribution is 0.0699. The minimum absolute atomic E-state index is 0.0884. The number of carboxylic acids is 1. The van der Waals surface area contributed by atoms with E-state index in [9.17, 15) is 15.0 Å². The topological polar surface area (TPSA) is 70.4 Å². The van der Waals surface area contributed by atoms with Gasteiger partial charge in [0.1, 0.15) is 5.75 Å². The molecule has 0 aliphatic rings. The second kappa shape index (κ2) is 5.07. The number of aromatic carboxylic acids is 1. The Morgan fingerprint density at radius 2 is 1.86 bits per heavy atom. The number of rotatable bonds is 2. The number of para-hydroxylation sites is 1. The van der Waals surface area contributed by atoms with Crippen LogP contribution in [0.1, 0.15) is 10.4 Å². The Labute approximate surface area is 125 Å². The first-order chi connectivity index (χ1) is 10.1. The zero-order valence-corrected chi connectivity index (χ0v) is 11.5. The van der Waals surface area contributed by atoms with Gasteiger partial charge in [-0.25, -0.2) is 9.78 Å². The Balaban J connectivity index is 2.35. The fourth-order valence-corrected chi connectivity index (χ4v) is 2.42. The van der Waals surface area contributed by atoms with Crippen LogP contribution in [0.25, 0.3) is 22.2 Å². The summed E-state index contributed by atoms with van der Waals surface area (Å²) in [6, 6.07) is 13.0. The zero-order chi connectivity index (χ0) is 15.0. The van der Waals surface area contributed by atoms with Crippen molar-refractivity contribution in [3.8, 4) is 17.0 Å². The van der Waals surface area contributed by atoms with Gasteiger partial charge < -0.3 is 10.2 Å². The number of fused-ring (bicyclic) bond motifs is 1. The molecule has 2 N–H and O–H groups in total. The summed E-state index contributed by atoms with van der Waals surface area (Å²) in [6.45, 7) is 0. The second-order valence-corrected chi connectivity index (χ2v) is 4.95. The van der Waals surface area contributed by atoms with Crippen LogP contribution in [0.2, 0.25) is 5.02 Å². The lowest BCUT2D eigenvalue weighted by Gasteiger charge is -2.08. The van der Waals surface area contributed by atoms with Gasteiger partial charge in [0, 0.05) is 10.9 Å². The third-order valence-electron chi connectivity index (χ3n) is 3.16. The molecular formula is C16H10ClNO3. The van der Waals surface area contributed by atoms with Crippen molar-refractivity contribution >= 4 is 28.5 Å². The predicted molar refractivity (Wildman–Crippen MR) is 80.8 cm³/mol. The number of nitrogens with zero attached hydrogens (tertiary/aromatic N) is 1. The van der Waals surface area contributed by atoms with E-state index < -0.39 is 5.97 Å². The Hall–Kier alpha value is -2.59. The Morgan fingerprint density at radius 1 is 1.10 bits per heavy atom. The fraction of sp³-hybridized carbons (Fsp3) is 0. The Morgan fingerprint density at radius 3 is 2.57 bits per heavy atom. The molecular weight excluding hydrogens is 290 g/mol. The smallest absolute Gasteiger partial charge is 0.336 e. The molecule has 0 bridgehead atoms. The second-order valence-electron chi connectivity index (χ2n) is 4.55. The molecule has 0 spiro atoms. The molecule has 0 aliphatic heterocycles. The third-order valence-corrected chi connectivity index (χ3v) is 3.47. The summed E-state index contributed by atoms with van der Waals surface area (Å²) in [7, 11) is 0. The molecule has 3 rings (SSSR count). The van der Waals surface area contributed by atoms with Crippen molar-refractivity contribution in [1.82, 2.24) is 4.98 Å². The van der Waals surface area contributed by atoms with Crippen LogP contribution in [0.3, 0.4) is 0 Å². The predicted octanol–water partition coefficient (Wildman–Crippen LogP) is 3.96. The minimum atomic E-state index is -1.05. The van der Waals surface area contributed by atoms with Crippen molar-refractivity contribution in [3.63, 3.8) is 0 Å². The lowest BCUT2D eigenvalue weighted by atomic mass is 10.0. The first kappa shape index (κ1) is 13.4. The number of aromatic nitrogens is 1. The van der Waals surface area contributed by atoms with Crippen LogP contribution in [0.5, 0.6) is 5.75 Å². The van der Waals surface area contributed by atoms with E-state index in [1.807, 2.05) is 0 Å². The molecule has 0 saturated carbocycles. The molecule has 0 radical (unpaired) electrons. The van der Waals surface area contributed by atoms with E-state index in [1.54, 1.807) is 30.3 Å². The van der Waals surface area contributed by atoms with E-state index in [0.717, 1.165) is 0 Å². The van der Waals surface area contributed by atoms with E-state index in [4.69, 9.17) is 11.6 Å². The first-order valence-electron chi connectivity index (χ1n) is 6.18. The molecule has 4 nitrogen and oxygen atoms in total. The van der Waals surface area contributed by atoms with Gasteiger partial charge in [0.2, 0.25) is 0 Å². The Bertz CT molecular complexity index is 861. The molecule has 21 heavy (non-hydrogen) atoms. The highest BCUT2D eigenvalue weighted by molar-refractivity contribution is 6.35. The summed E-state index contributed by atoms with van der Waals surface area (Å²) >= 11 is 6.12. The highest BCUT2D eigenvalue weighted by Crippen LogP contribution is 2.30. The molecule has 0 fully saturated rings. The van der Waals surface area contributed by atoms with Crippen LogP contribution in [0.4, 0.5) is 0 Å². The molecule has 0 amide bonds. The van der Waals surface area contributed by atoms with Crippen LogP contribution in [0, 0.1) is 0 Å². The molecule has 104 valence electrons. The number of hydrogen-bond donors (Lipinski definition) is 2. The van der Waals surface area contributed by atoms with Crippen LogP contribution in [-0.2, 0) is 0 Å². The summed E-state index contributed by atoms with van der Waals surface area (Å²) in [4.78, 5) is 15.9. The van der Waals surface area contributed by atoms with Crippen molar-refractivity contribution < 1.29 is 15.0 Å². The number of aromatic hydroxyl groups is 1. The average molecular weight is 300 g/mol. The van der Waals surface area contributed by atoms with Crippen LogP contribution in [0.15, 0.2) is 48.5 Å². The van der Waals surface area contributed by atoms with Gasteiger partial charge in [-0.15, -0.1) is 0 Å². The highest BCUT2D eigenvalue weighted by Gasteiger charge is 2.14. The first-order valence-corrected chi connectivity index (χ1v) is 6.56. The molecule has 0 unspecified atom stereocenters. The van der Waals surface area contributed by atoms with Crippen LogP contribution < -0.4 is 0 Å². The monoisotopic (exact) mass is 299 g/mol. The largest absolute Gasteiger partial charge is 0.508 e. The van der Waals surface area contributed by atoms with Gasteiger partial charge in [-0.2, -0.15) is 0 Å². The highest BCUT2D eigenvalue weighted by atomic mass is 35.5. The molecule has 2 aromatic carbocycles. The van der Waals surface area contributed by atoms with Crippen molar-refractivity contribution in [2.75, 3.05) is 0 Å². The number of phenolic OH excluding ortho intramolecular Hbond substituents is 1. The summed E-state index contributed by atoms with van der Waals surface area (Å²) in [6.07, 6.45) is 0. The van der Waals surface area contributed by atoms with E-state index in [2.05, 4.69) is 4.98 Å². The summed E-state index contributed by atoms with van der Waals surface area (Å²) < 4.78 is 0. The molecule has 5 heteroatoms. The van der Waals surface area contributed by atoms with Gasteiger partial charge in [-0.05, 0) is 24.3 Å². The SMILES string of the molecule is O=C(O)c1cc(-c2cccc(O)c2)nc2c(Cl)cccc12. The zero-order valence-electron chi connectivity index (χ0n) is 10.7. The number of pyridine rings is 1. The minimum Gasteiger partial charge on any atom is -0.508 e.